The molecule has 1 nitrogen and oxygen atoms in total. The van der Waals surface area contributed by atoms with Crippen molar-refractivity contribution in [1.82, 2.24) is 0 Å². The van der Waals surface area contributed by atoms with Gasteiger partial charge in [-0.15, -0.1) is 0 Å². The third kappa shape index (κ3) is 2.31. The Morgan fingerprint density at radius 3 is 2.67 bits per heavy atom. The predicted molar refractivity (Wildman–Crippen MR) is 61.2 cm³/mol. The van der Waals surface area contributed by atoms with E-state index in [1.54, 1.807) is 12.1 Å². The lowest BCUT2D eigenvalue weighted by Crippen LogP contribution is -1.89. The molecule has 0 unspecified atom stereocenters. The van der Waals surface area contributed by atoms with Crippen LogP contribution < -0.4 is 0 Å². The van der Waals surface area contributed by atoms with Gasteiger partial charge in [-0.3, -0.25) is 0 Å². The lowest BCUT2D eigenvalue weighted by Gasteiger charge is -2.05. The monoisotopic (exact) mass is 217 g/mol. The summed E-state index contributed by atoms with van der Waals surface area (Å²) in [5.74, 6) is 0.261. The van der Waals surface area contributed by atoms with Crippen LogP contribution in [0, 0.1) is 6.07 Å². The number of halogens is 1. The largest absolute Gasteiger partial charge is 0.508 e. The second-order valence-electron chi connectivity index (χ2n) is 3.32. The highest BCUT2D eigenvalue weighted by molar-refractivity contribution is 6.31. The average molecular weight is 218 g/mol. The van der Waals surface area contributed by atoms with Gasteiger partial charge in [0.1, 0.15) is 5.75 Å². The lowest BCUT2D eigenvalue weighted by molar-refractivity contribution is 0.469. The predicted octanol–water partition coefficient (Wildman–Crippen LogP) is 3.44. The average Bonchev–Trinajstić information content (AvgIpc) is 2.24. The van der Waals surface area contributed by atoms with E-state index in [-0.39, 0.29) is 5.75 Å². The SMILES string of the molecule is Oc1c[c]ccc1Cc1ccccc1Cl. The van der Waals surface area contributed by atoms with Crippen molar-refractivity contribution in [3.8, 4) is 5.75 Å². The molecule has 1 radical (unpaired) electrons. The maximum Gasteiger partial charge on any atom is 0.119 e. The Morgan fingerprint density at radius 2 is 1.93 bits per heavy atom. The summed E-state index contributed by atoms with van der Waals surface area (Å²) in [5, 5.41) is 10.3. The second kappa shape index (κ2) is 4.37. The standard InChI is InChI=1S/C13H10ClO/c14-12-7-3-1-5-10(12)9-11-6-2-4-8-13(11)15/h1-3,5-8,15H,9H2. The molecule has 0 fully saturated rings. The third-order valence-corrected chi connectivity index (χ3v) is 2.64. The molecule has 0 aliphatic rings. The molecule has 75 valence electrons. The van der Waals surface area contributed by atoms with E-state index in [9.17, 15) is 5.11 Å². The number of rotatable bonds is 2. The Labute approximate surface area is 94.0 Å². The van der Waals surface area contributed by atoms with Gasteiger partial charge in [0.25, 0.3) is 0 Å². The third-order valence-electron chi connectivity index (χ3n) is 2.27. The first-order valence-corrected chi connectivity index (χ1v) is 5.06. The zero-order valence-electron chi connectivity index (χ0n) is 8.07. The van der Waals surface area contributed by atoms with Gasteiger partial charge in [0.15, 0.2) is 0 Å². The van der Waals surface area contributed by atoms with E-state index in [1.165, 1.54) is 0 Å². The molecule has 2 aromatic carbocycles. The summed E-state index contributed by atoms with van der Waals surface area (Å²) < 4.78 is 0. The number of phenols is 1. The van der Waals surface area contributed by atoms with Crippen molar-refractivity contribution in [1.29, 1.82) is 0 Å². The Hall–Kier alpha value is -1.47. The molecule has 0 saturated carbocycles. The van der Waals surface area contributed by atoms with Crippen molar-refractivity contribution in [2.24, 2.45) is 0 Å². The minimum atomic E-state index is 0.261. The summed E-state index contributed by atoms with van der Waals surface area (Å²) in [6.45, 7) is 0. The van der Waals surface area contributed by atoms with Gasteiger partial charge in [0, 0.05) is 11.4 Å². The van der Waals surface area contributed by atoms with Gasteiger partial charge >= 0.3 is 0 Å². The van der Waals surface area contributed by atoms with Crippen LogP contribution in [0.1, 0.15) is 11.1 Å². The Kier molecular flexibility index (Phi) is 2.93. The quantitative estimate of drug-likeness (QED) is 0.817. The van der Waals surface area contributed by atoms with E-state index in [1.807, 2.05) is 30.3 Å². The van der Waals surface area contributed by atoms with Gasteiger partial charge in [-0.1, -0.05) is 41.9 Å². The fourth-order valence-corrected chi connectivity index (χ4v) is 1.65. The van der Waals surface area contributed by atoms with Crippen LogP contribution in [0.15, 0.2) is 42.5 Å². The van der Waals surface area contributed by atoms with E-state index in [4.69, 9.17) is 11.6 Å². The first-order chi connectivity index (χ1) is 7.27. The van der Waals surface area contributed by atoms with Crippen LogP contribution >= 0.6 is 11.6 Å². The molecule has 0 atom stereocenters. The molecule has 2 aromatic rings. The van der Waals surface area contributed by atoms with Gasteiger partial charge in [0.2, 0.25) is 0 Å². The molecule has 2 rings (SSSR count). The highest BCUT2D eigenvalue weighted by Crippen LogP contribution is 2.23. The molecule has 0 aliphatic carbocycles. The molecule has 15 heavy (non-hydrogen) atoms. The second-order valence-corrected chi connectivity index (χ2v) is 3.73. The highest BCUT2D eigenvalue weighted by atomic mass is 35.5. The summed E-state index contributed by atoms with van der Waals surface area (Å²) in [5.41, 5.74) is 1.88. The molecule has 0 aromatic heterocycles. The summed E-state index contributed by atoms with van der Waals surface area (Å²) in [6.07, 6.45) is 0.639. The number of hydrogen-bond acceptors (Lipinski definition) is 1. The molecule has 0 aliphatic heterocycles. The number of aromatic hydroxyl groups is 1. The van der Waals surface area contributed by atoms with Crippen LogP contribution in [-0.2, 0) is 6.42 Å². The molecular weight excluding hydrogens is 208 g/mol. The lowest BCUT2D eigenvalue weighted by atomic mass is 10.0. The summed E-state index contributed by atoms with van der Waals surface area (Å²) in [7, 11) is 0. The first-order valence-electron chi connectivity index (χ1n) is 4.69. The van der Waals surface area contributed by atoms with Crippen LogP contribution in [0.25, 0.3) is 0 Å². The fraction of sp³-hybridized carbons (Fsp3) is 0.0769. The number of phenolic OH excluding ortho intramolecular Hbond substituents is 1. The summed E-state index contributed by atoms with van der Waals surface area (Å²) in [4.78, 5) is 0. The summed E-state index contributed by atoms with van der Waals surface area (Å²) >= 11 is 6.04. The van der Waals surface area contributed by atoms with Crippen molar-refractivity contribution >= 4 is 11.6 Å². The normalized spacial score (nSPS) is 10.2. The Bertz CT molecular complexity index is 422. The summed E-state index contributed by atoms with van der Waals surface area (Å²) in [6, 6.07) is 15.6. The number of benzene rings is 2. The molecule has 2 heteroatoms. The Morgan fingerprint density at radius 1 is 1.13 bits per heavy atom. The van der Waals surface area contributed by atoms with Gasteiger partial charge in [-0.05, 0) is 29.3 Å². The zero-order valence-corrected chi connectivity index (χ0v) is 8.83. The van der Waals surface area contributed by atoms with Gasteiger partial charge in [-0.25, -0.2) is 0 Å². The van der Waals surface area contributed by atoms with Crippen LogP contribution in [0.5, 0.6) is 5.75 Å². The number of hydrogen-bond donors (Lipinski definition) is 1. The topological polar surface area (TPSA) is 20.2 Å². The zero-order chi connectivity index (χ0) is 10.7. The van der Waals surface area contributed by atoms with Gasteiger partial charge in [0.05, 0.1) is 0 Å². The molecule has 0 spiro atoms. The molecule has 1 N–H and O–H groups in total. The van der Waals surface area contributed by atoms with Crippen LogP contribution in [0.3, 0.4) is 0 Å². The van der Waals surface area contributed by atoms with E-state index in [2.05, 4.69) is 6.07 Å². The minimum Gasteiger partial charge on any atom is -0.508 e. The first kappa shape index (κ1) is 10.1. The van der Waals surface area contributed by atoms with E-state index >= 15 is 0 Å². The van der Waals surface area contributed by atoms with Crippen molar-refractivity contribution in [3.63, 3.8) is 0 Å². The molecular formula is C13H10ClO. The fourth-order valence-electron chi connectivity index (χ4n) is 1.45. The van der Waals surface area contributed by atoms with Crippen molar-refractivity contribution < 1.29 is 5.11 Å². The van der Waals surface area contributed by atoms with Gasteiger partial charge in [-0.2, -0.15) is 0 Å². The van der Waals surface area contributed by atoms with Crippen LogP contribution in [0.2, 0.25) is 5.02 Å². The van der Waals surface area contributed by atoms with E-state index < -0.39 is 0 Å². The van der Waals surface area contributed by atoms with Gasteiger partial charge < -0.3 is 5.11 Å². The molecule has 0 bridgehead atoms. The Balaban J connectivity index is 2.30. The smallest absolute Gasteiger partial charge is 0.119 e. The van der Waals surface area contributed by atoms with Crippen molar-refractivity contribution in [3.05, 3.63) is 64.7 Å². The highest BCUT2D eigenvalue weighted by Gasteiger charge is 2.03. The van der Waals surface area contributed by atoms with Crippen LogP contribution in [-0.4, -0.2) is 5.11 Å². The minimum absolute atomic E-state index is 0.261. The molecule has 0 saturated heterocycles. The molecule has 0 heterocycles. The maximum atomic E-state index is 9.59. The van der Waals surface area contributed by atoms with E-state index in [0.717, 1.165) is 16.1 Å². The van der Waals surface area contributed by atoms with Crippen molar-refractivity contribution in [2.75, 3.05) is 0 Å². The van der Waals surface area contributed by atoms with E-state index in [0.29, 0.717) is 6.42 Å². The van der Waals surface area contributed by atoms with Crippen molar-refractivity contribution in [2.45, 2.75) is 6.42 Å². The molecule has 0 amide bonds. The van der Waals surface area contributed by atoms with Crippen LogP contribution in [0.4, 0.5) is 0 Å². The maximum absolute atomic E-state index is 9.59.